The van der Waals surface area contributed by atoms with Gasteiger partial charge in [-0.2, -0.15) is 21.4 Å². The lowest BCUT2D eigenvalue weighted by Crippen LogP contribution is -2.45. The monoisotopic (exact) mass is 258 g/mol. The van der Waals surface area contributed by atoms with Gasteiger partial charge in [0, 0.05) is 17.8 Å². The first-order valence-corrected chi connectivity index (χ1v) is 6.38. The second-order valence-corrected chi connectivity index (χ2v) is 4.45. The zero-order chi connectivity index (χ0) is 12.4. The van der Waals surface area contributed by atoms with Crippen LogP contribution in [0.5, 0.6) is 0 Å². The van der Waals surface area contributed by atoms with Gasteiger partial charge in [0.05, 0.1) is 12.2 Å². The Kier molecular flexibility index (Phi) is 2.77. The maximum absolute atomic E-state index is 12.3. The van der Waals surface area contributed by atoms with Crippen LogP contribution in [-0.4, -0.2) is 23.8 Å². The molecule has 5 nitrogen and oxygen atoms in total. The molecule has 1 aliphatic rings. The minimum atomic E-state index is -0.186. The first-order valence-electron chi connectivity index (χ1n) is 5.43. The van der Waals surface area contributed by atoms with Gasteiger partial charge in [0.15, 0.2) is 5.82 Å². The SMILES string of the molecule is O=C1N(c2ccsc2)CC=NN1c1ccccn1. The highest BCUT2D eigenvalue weighted by molar-refractivity contribution is 7.08. The molecule has 6 heteroatoms. The lowest BCUT2D eigenvalue weighted by Gasteiger charge is -2.28. The molecule has 0 aliphatic carbocycles. The van der Waals surface area contributed by atoms with E-state index in [1.54, 1.807) is 40.8 Å². The van der Waals surface area contributed by atoms with Crippen molar-refractivity contribution < 1.29 is 4.79 Å². The van der Waals surface area contributed by atoms with E-state index in [2.05, 4.69) is 10.1 Å². The summed E-state index contributed by atoms with van der Waals surface area (Å²) in [6.07, 6.45) is 3.34. The summed E-state index contributed by atoms with van der Waals surface area (Å²) in [6, 6.07) is 7.12. The van der Waals surface area contributed by atoms with E-state index in [-0.39, 0.29) is 6.03 Å². The van der Waals surface area contributed by atoms with Gasteiger partial charge < -0.3 is 0 Å². The predicted molar refractivity (Wildman–Crippen MR) is 72.3 cm³/mol. The average molecular weight is 258 g/mol. The van der Waals surface area contributed by atoms with Gasteiger partial charge in [0.1, 0.15) is 0 Å². The van der Waals surface area contributed by atoms with Crippen LogP contribution < -0.4 is 9.91 Å². The molecule has 3 heterocycles. The molecule has 2 aromatic rings. The van der Waals surface area contributed by atoms with Crippen molar-refractivity contribution in [3.8, 4) is 0 Å². The summed E-state index contributed by atoms with van der Waals surface area (Å²) in [5, 5.41) is 9.29. The maximum atomic E-state index is 12.3. The van der Waals surface area contributed by atoms with Crippen molar-refractivity contribution in [3.63, 3.8) is 0 Å². The van der Waals surface area contributed by atoms with E-state index in [1.165, 1.54) is 5.01 Å². The van der Waals surface area contributed by atoms with Crippen molar-refractivity contribution >= 4 is 35.1 Å². The molecule has 0 saturated carbocycles. The Morgan fingerprint density at radius 2 is 2.22 bits per heavy atom. The number of rotatable bonds is 2. The highest BCUT2D eigenvalue weighted by atomic mass is 32.1. The summed E-state index contributed by atoms with van der Waals surface area (Å²) in [4.78, 5) is 18.1. The van der Waals surface area contributed by atoms with Gasteiger partial charge in [-0.15, -0.1) is 0 Å². The van der Waals surface area contributed by atoms with E-state index < -0.39 is 0 Å². The molecule has 90 valence electrons. The summed E-state index contributed by atoms with van der Waals surface area (Å²) in [7, 11) is 0. The third kappa shape index (κ3) is 1.86. The van der Waals surface area contributed by atoms with Gasteiger partial charge in [-0.1, -0.05) is 6.07 Å². The van der Waals surface area contributed by atoms with Crippen molar-refractivity contribution in [1.82, 2.24) is 4.98 Å². The minimum Gasteiger partial charge on any atom is -0.286 e. The molecule has 0 unspecified atom stereocenters. The van der Waals surface area contributed by atoms with Crippen molar-refractivity contribution in [1.29, 1.82) is 0 Å². The van der Waals surface area contributed by atoms with Crippen LogP contribution in [-0.2, 0) is 0 Å². The van der Waals surface area contributed by atoms with Crippen LogP contribution in [0.4, 0.5) is 16.3 Å². The summed E-state index contributed by atoms with van der Waals surface area (Å²) < 4.78 is 0. The molecule has 18 heavy (non-hydrogen) atoms. The molecule has 0 fully saturated rings. The predicted octanol–water partition coefficient (Wildman–Crippen LogP) is 2.58. The van der Waals surface area contributed by atoms with Crippen LogP contribution in [0.2, 0.25) is 0 Å². The van der Waals surface area contributed by atoms with Crippen LogP contribution in [0.25, 0.3) is 0 Å². The van der Waals surface area contributed by atoms with E-state index in [0.29, 0.717) is 12.4 Å². The zero-order valence-corrected chi connectivity index (χ0v) is 10.2. The standard InChI is InChI=1S/C12H10N4OS/c17-12-15(10-4-8-18-9-10)7-6-14-16(12)11-3-1-2-5-13-11/h1-6,8-9H,7H2. The number of hydrazone groups is 1. The van der Waals surface area contributed by atoms with Crippen LogP contribution in [0.1, 0.15) is 0 Å². The quantitative estimate of drug-likeness (QED) is 0.831. The Morgan fingerprint density at radius 1 is 1.28 bits per heavy atom. The molecule has 2 aromatic heterocycles. The van der Waals surface area contributed by atoms with E-state index in [4.69, 9.17) is 0 Å². The van der Waals surface area contributed by atoms with Gasteiger partial charge in [-0.05, 0) is 23.6 Å². The van der Waals surface area contributed by atoms with Gasteiger partial charge >= 0.3 is 6.03 Å². The zero-order valence-electron chi connectivity index (χ0n) is 9.43. The molecular weight excluding hydrogens is 248 g/mol. The molecular formula is C12H10N4OS. The fourth-order valence-electron chi connectivity index (χ4n) is 1.70. The topological polar surface area (TPSA) is 48.8 Å². The summed E-state index contributed by atoms with van der Waals surface area (Å²) in [5.41, 5.74) is 0.886. The highest BCUT2D eigenvalue weighted by Crippen LogP contribution is 2.23. The largest absolute Gasteiger partial charge is 0.351 e. The molecule has 0 N–H and O–H groups in total. The molecule has 0 saturated heterocycles. The number of urea groups is 1. The van der Waals surface area contributed by atoms with E-state index in [0.717, 1.165) is 5.69 Å². The number of aromatic nitrogens is 1. The number of carbonyl (C=O) groups is 1. The second-order valence-electron chi connectivity index (χ2n) is 3.67. The van der Waals surface area contributed by atoms with Crippen molar-refractivity contribution in [3.05, 3.63) is 41.2 Å². The third-order valence-electron chi connectivity index (χ3n) is 2.56. The van der Waals surface area contributed by atoms with Crippen molar-refractivity contribution in [2.24, 2.45) is 5.10 Å². The molecule has 0 atom stereocenters. The van der Waals surface area contributed by atoms with Crippen molar-refractivity contribution in [2.45, 2.75) is 0 Å². The molecule has 1 aliphatic heterocycles. The summed E-state index contributed by atoms with van der Waals surface area (Å²) >= 11 is 1.56. The Labute approximate surface area is 108 Å². The van der Waals surface area contributed by atoms with Gasteiger partial charge in [-0.25, -0.2) is 9.78 Å². The van der Waals surface area contributed by atoms with Crippen LogP contribution in [0, 0.1) is 0 Å². The number of anilines is 2. The number of thiophene rings is 1. The van der Waals surface area contributed by atoms with E-state index >= 15 is 0 Å². The third-order valence-corrected chi connectivity index (χ3v) is 3.23. The number of carbonyl (C=O) groups excluding carboxylic acids is 1. The number of nitrogens with zero attached hydrogens (tertiary/aromatic N) is 4. The lowest BCUT2D eigenvalue weighted by atomic mass is 10.4. The van der Waals surface area contributed by atoms with Gasteiger partial charge in [0.2, 0.25) is 0 Å². The Hall–Kier alpha value is -2.21. The molecule has 2 amide bonds. The molecule has 0 bridgehead atoms. The molecule has 0 radical (unpaired) electrons. The van der Waals surface area contributed by atoms with Gasteiger partial charge in [-0.3, -0.25) is 4.90 Å². The maximum Gasteiger partial charge on any atom is 0.351 e. The first kappa shape index (κ1) is 10.9. The lowest BCUT2D eigenvalue weighted by molar-refractivity contribution is 0.251. The number of hydrogen-bond acceptors (Lipinski definition) is 4. The second kappa shape index (κ2) is 4.58. The smallest absolute Gasteiger partial charge is 0.286 e. The fraction of sp³-hybridized carbons (Fsp3) is 0.0833. The number of amides is 2. The Balaban J connectivity index is 1.92. The summed E-state index contributed by atoms with van der Waals surface area (Å²) in [5.74, 6) is 0.527. The first-order chi connectivity index (χ1) is 8.86. The minimum absolute atomic E-state index is 0.186. The summed E-state index contributed by atoms with van der Waals surface area (Å²) in [6.45, 7) is 0.485. The van der Waals surface area contributed by atoms with Crippen LogP contribution in [0.15, 0.2) is 46.3 Å². The highest BCUT2D eigenvalue weighted by Gasteiger charge is 2.26. The average Bonchev–Trinajstić information content (AvgIpc) is 2.94. The fourth-order valence-corrected chi connectivity index (χ4v) is 2.35. The van der Waals surface area contributed by atoms with E-state index in [9.17, 15) is 4.79 Å². The molecule has 3 rings (SSSR count). The van der Waals surface area contributed by atoms with Crippen molar-refractivity contribution in [2.75, 3.05) is 16.5 Å². The number of hydrogen-bond donors (Lipinski definition) is 0. The van der Waals surface area contributed by atoms with Crippen LogP contribution in [0.3, 0.4) is 0 Å². The molecule has 0 aromatic carbocycles. The van der Waals surface area contributed by atoms with Gasteiger partial charge in [0.25, 0.3) is 0 Å². The Bertz CT molecular complexity index is 567. The van der Waals surface area contributed by atoms with Crippen LogP contribution >= 0.6 is 11.3 Å². The number of pyridine rings is 1. The Morgan fingerprint density at radius 3 is 2.94 bits per heavy atom. The van der Waals surface area contributed by atoms with E-state index in [1.807, 2.05) is 22.9 Å². The normalized spacial score (nSPS) is 15.2. The molecule has 0 spiro atoms.